The molecule has 1 fully saturated rings. The van der Waals surface area contributed by atoms with E-state index in [9.17, 15) is 9.59 Å². The van der Waals surface area contributed by atoms with E-state index in [-0.39, 0.29) is 34.0 Å². The Kier molecular flexibility index (Phi) is 10.1. The zero-order valence-electron chi connectivity index (χ0n) is 22.0. The van der Waals surface area contributed by atoms with Crippen LogP contribution in [0.1, 0.15) is 43.0 Å². The summed E-state index contributed by atoms with van der Waals surface area (Å²) in [6.45, 7) is 3.63. The third kappa shape index (κ3) is 7.26. The minimum atomic E-state index is -0.891. The largest absolute Gasteiger partial charge is 0.467 e. The fraction of sp³-hybridized carbons (Fsp3) is 0.379. The van der Waals surface area contributed by atoms with Gasteiger partial charge in [-0.2, -0.15) is 0 Å². The predicted octanol–water partition coefficient (Wildman–Crippen LogP) is 5.54. The molecule has 4 rings (SSSR count). The molecular weight excluding hydrogens is 539 g/mol. The second kappa shape index (κ2) is 13.7. The summed E-state index contributed by atoms with van der Waals surface area (Å²) in [4.78, 5) is 36.5. The van der Waals surface area contributed by atoms with Crippen molar-refractivity contribution in [1.82, 2.24) is 15.3 Å². The zero-order chi connectivity index (χ0) is 27.8. The van der Waals surface area contributed by atoms with Crippen LogP contribution in [-0.2, 0) is 14.3 Å². The topological polar surface area (TPSA) is 93.7 Å². The molecule has 2 unspecified atom stereocenters. The summed E-state index contributed by atoms with van der Waals surface area (Å²) in [6, 6.07) is 5.99. The van der Waals surface area contributed by atoms with Crippen molar-refractivity contribution in [3.8, 4) is 0 Å². The van der Waals surface area contributed by atoms with E-state index in [0.29, 0.717) is 5.95 Å². The summed E-state index contributed by atoms with van der Waals surface area (Å²) in [5, 5.41) is 3.11. The average Bonchev–Trinajstić information content (AvgIpc) is 2.94. The van der Waals surface area contributed by atoms with Gasteiger partial charge in [0.1, 0.15) is 6.04 Å². The first-order valence-corrected chi connectivity index (χ1v) is 13.7. The monoisotopic (exact) mass is 570 g/mol. The van der Waals surface area contributed by atoms with Crippen LogP contribution in [0.15, 0.2) is 72.2 Å². The molecule has 0 bridgehead atoms. The number of allylic oxidation sites excluding steroid dienone is 5. The number of anilines is 1. The number of carbonyl (C=O) groups excluding carboxylic acids is 2. The minimum Gasteiger partial charge on any atom is -0.467 e. The molecule has 0 radical (unpaired) electrons. The number of esters is 1. The molecule has 0 saturated carbocycles. The average molecular weight is 572 g/mol. The maximum atomic E-state index is 12.8. The molecule has 1 aliphatic heterocycles. The van der Waals surface area contributed by atoms with Gasteiger partial charge in [0, 0.05) is 43.3 Å². The number of aromatic nitrogens is 2. The molecule has 39 heavy (non-hydrogen) atoms. The van der Waals surface area contributed by atoms with Gasteiger partial charge in [-0.3, -0.25) is 4.79 Å². The van der Waals surface area contributed by atoms with Gasteiger partial charge in [-0.1, -0.05) is 54.4 Å². The Labute approximate surface area is 238 Å². The molecule has 2 atom stereocenters. The molecule has 1 aromatic heterocycles. The number of nitrogens with one attached hydrogen (secondary N) is 1. The molecule has 2 aromatic rings. The highest BCUT2D eigenvalue weighted by molar-refractivity contribution is 6.39. The summed E-state index contributed by atoms with van der Waals surface area (Å²) in [7, 11) is 1.28. The van der Waals surface area contributed by atoms with Gasteiger partial charge < -0.3 is 19.7 Å². The quantitative estimate of drug-likeness (QED) is 0.396. The van der Waals surface area contributed by atoms with Crippen LogP contribution in [0.5, 0.6) is 0 Å². The third-order valence-corrected chi connectivity index (χ3v) is 7.43. The van der Waals surface area contributed by atoms with Crippen molar-refractivity contribution in [1.29, 1.82) is 0 Å². The number of hydrogen-bond donors (Lipinski definition) is 1. The van der Waals surface area contributed by atoms with Gasteiger partial charge in [-0.15, -0.1) is 0 Å². The number of benzene rings is 1. The Morgan fingerprint density at radius 1 is 1.15 bits per heavy atom. The van der Waals surface area contributed by atoms with Crippen LogP contribution in [0.3, 0.4) is 0 Å². The van der Waals surface area contributed by atoms with Gasteiger partial charge in [-0.25, -0.2) is 14.8 Å². The second-order valence-corrected chi connectivity index (χ2v) is 10.3. The van der Waals surface area contributed by atoms with E-state index in [2.05, 4.69) is 39.3 Å². The Bertz CT molecular complexity index is 1240. The van der Waals surface area contributed by atoms with Crippen LogP contribution in [0.4, 0.5) is 5.95 Å². The molecule has 2 aliphatic rings. The van der Waals surface area contributed by atoms with Crippen molar-refractivity contribution in [2.24, 2.45) is 5.92 Å². The number of hydrogen-bond acceptors (Lipinski definition) is 7. The van der Waals surface area contributed by atoms with E-state index in [1.165, 1.54) is 12.8 Å². The molecule has 1 aliphatic carbocycles. The number of nitrogens with zero attached hydrogens (tertiary/aromatic N) is 3. The smallest absolute Gasteiger partial charge is 0.328 e. The van der Waals surface area contributed by atoms with Crippen molar-refractivity contribution < 1.29 is 19.1 Å². The van der Waals surface area contributed by atoms with Crippen LogP contribution in [0, 0.1) is 5.92 Å². The van der Waals surface area contributed by atoms with Crippen molar-refractivity contribution in [2.75, 3.05) is 25.2 Å². The van der Waals surface area contributed by atoms with Crippen molar-refractivity contribution in [3.05, 3.63) is 87.8 Å². The van der Waals surface area contributed by atoms with E-state index in [1.54, 1.807) is 30.6 Å². The Morgan fingerprint density at radius 3 is 2.49 bits per heavy atom. The summed E-state index contributed by atoms with van der Waals surface area (Å²) >= 11 is 12.3. The number of ether oxygens (including phenoxy) is 2. The lowest BCUT2D eigenvalue weighted by atomic mass is 9.90. The van der Waals surface area contributed by atoms with Gasteiger partial charge in [0.15, 0.2) is 0 Å². The first-order chi connectivity index (χ1) is 18.9. The first-order valence-electron chi connectivity index (χ1n) is 12.9. The standard InChI is InChI=1S/C29H32Cl2N4O4/c1-19-18-20(10-11-25(19)35(21-12-16-39-17-13-21)29-32-14-5-15-33-29)6-3-9-24(28(37)38-2)34-27(36)26-22(30)7-4-8-23(26)31/h3-8,10-11,14-15,19,21,24H,9,12-13,16-18H2,1-2H3,(H,34,36)/b6-3+. The Hall–Kier alpha value is -3.20. The van der Waals surface area contributed by atoms with Crippen LogP contribution >= 0.6 is 23.2 Å². The number of amides is 1. The highest BCUT2D eigenvalue weighted by atomic mass is 35.5. The fourth-order valence-corrected chi connectivity index (χ4v) is 5.40. The van der Waals surface area contributed by atoms with Gasteiger partial charge in [-0.05, 0) is 55.5 Å². The zero-order valence-corrected chi connectivity index (χ0v) is 23.5. The van der Waals surface area contributed by atoms with Crippen LogP contribution < -0.4 is 10.2 Å². The van der Waals surface area contributed by atoms with Gasteiger partial charge in [0.25, 0.3) is 5.91 Å². The molecule has 206 valence electrons. The number of rotatable bonds is 9. The molecule has 1 amide bonds. The predicted molar refractivity (Wildman–Crippen MR) is 152 cm³/mol. The molecule has 2 heterocycles. The highest BCUT2D eigenvalue weighted by Gasteiger charge is 2.30. The van der Waals surface area contributed by atoms with Crippen molar-refractivity contribution >= 4 is 41.0 Å². The van der Waals surface area contributed by atoms with Crippen LogP contribution in [0.2, 0.25) is 10.0 Å². The van der Waals surface area contributed by atoms with Gasteiger partial charge in [0.2, 0.25) is 5.95 Å². The highest BCUT2D eigenvalue weighted by Crippen LogP contribution is 2.34. The summed E-state index contributed by atoms with van der Waals surface area (Å²) in [5.41, 5.74) is 2.40. The maximum absolute atomic E-state index is 12.8. The first kappa shape index (κ1) is 28.8. The molecule has 1 aromatic carbocycles. The van der Waals surface area contributed by atoms with E-state index < -0.39 is 17.9 Å². The summed E-state index contributed by atoms with van der Waals surface area (Å²) in [5.74, 6) is -0.173. The molecule has 1 saturated heterocycles. The minimum absolute atomic E-state index is 0.122. The Morgan fingerprint density at radius 2 is 1.85 bits per heavy atom. The number of carbonyl (C=O) groups is 2. The molecular formula is C29H32Cl2N4O4. The second-order valence-electron chi connectivity index (χ2n) is 9.48. The molecule has 10 heteroatoms. The normalized spacial score (nSPS) is 18.7. The summed E-state index contributed by atoms with van der Waals surface area (Å²) < 4.78 is 10.5. The van der Waals surface area contributed by atoms with Crippen LogP contribution in [0.25, 0.3) is 0 Å². The molecule has 0 spiro atoms. The van der Waals surface area contributed by atoms with E-state index in [1.807, 2.05) is 18.2 Å². The third-order valence-electron chi connectivity index (χ3n) is 6.80. The number of halogens is 2. The lowest BCUT2D eigenvalue weighted by molar-refractivity contribution is -0.142. The van der Waals surface area contributed by atoms with Crippen LogP contribution in [-0.4, -0.2) is 54.3 Å². The molecule has 8 nitrogen and oxygen atoms in total. The van der Waals surface area contributed by atoms with Gasteiger partial charge in [0.05, 0.1) is 22.7 Å². The van der Waals surface area contributed by atoms with E-state index in [0.717, 1.165) is 38.0 Å². The SMILES string of the molecule is COC(=O)C(C/C=C/C1=CC=C(N(c2ncccn2)C2CCOCC2)C(C)C1)NC(=O)c1c(Cl)cccc1Cl. The maximum Gasteiger partial charge on any atom is 0.328 e. The lowest BCUT2D eigenvalue weighted by Gasteiger charge is -2.39. The van der Waals surface area contributed by atoms with Crippen molar-refractivity contribution in [3.63, 3.8) is 0 Å². The lowest BCUT2D eigenvalue weighted by Crippen LogP contribution is -2.42. The van der Waals surface area contributed by atoms with E-state index in [4.69, 9.17) is 32.7 Å². The van der Waals surface area contributed by atoms with E-state index >= 15 is 0 Å². The number of methoxy groups -OCH3 is 1. The fourth-order valence-electron chi connectivity index (χ4n) is 4.83. The summed E-state index contributed by atoms with van der Waals surface area (Å²) in [6.07, 6.45) is 14.5. The Balaban J connectivity index is 1.48. The van der Waals surface area contributed by atoms with Gasteiger partial charge >= 0.3 is 5.97 Å². The van der Waals surface area contributed by atoms with Crippen molar-refractivity contribution in [2.45, 2.75) is 44.7 Å². The molecule has 1 N–H and O–H groups in total.